The third kappa shape index (κ3) is 5.81. The van der Waals surface area contributed by atoms with Crippen molar-refractivity contribution < 1.29 is 13.2 Å². The van der Waals surface area contributed by atoms with Gasteiger partial charge in [-0.25, -0.2) is 13.2 Å². The number of unbranched alkanes of at least 4 members (excludes halogenated alkanes) is 1. The summed E-state index contributed by atoms with van der Waals surface area (Å²) in [6.45, 7) is 2.17. The summed E-state index contributed by atoms with van der Waals surface area (Å²) in [5, 5.41) is 1.13. The lowest BCUT2D eigenvalue weighted by molar-refractivity contribution is 0.511. The Morgan fingerprint density at radius 1 is 0.697 bits per heavy atom. The molecule has 0 unspecified atom stereocenters. The molecular formula is C29H24F3N. The van der Waals surface area contributed by atoms with Crippen LogP contribution >= 0.6 is 0 Å². The van der Waals surface area contributed by atoms with E-state index in [4.69, 9.17) is 0 Å². The predicted molar refractivity (Wildman–Crippen MR) is 127 cm³/mol. The molecule has 0 fully saturated rings. The first-order chi connectivity index (χ1) is 16.0. The molecule has 4 heteroatoms. The second-order valence-electron chi connectivity index (χ2n) is 8.15. The number of pyridine rings is 1. The third-order valence-electron chi connectivity index (χ3n) is 5.63. The molecule has 1 nitrogen and oxygen atoms in total. The Balaban J connectivity index is 1.42. The van der Waals surface area contributed by atoms with Crippen molar-refractivity contribution in [2.45, 2.75) is 39.0 Å². The first-order valence-corrected chi connectivity index (χ1v) is 11.1. The van der Waals surface area contributed by atoms with E-state index in [2.05, 4.69) is 29.8 Å². The van der Waals surface area contributed by atoms with Crippen molar-refractivity contribution in [2.24, 2.45) is 0 Å². The Kier molecular flexibility index (Phi) is 7.10. The van der Waals surface area contributed by atoms with Gasteiger partial charge in [0.2, 0.25) is 0 Å². The zero-order chi connectivity index (χ0) is 23.2. The Morgan fingerprint density at radius 2 is 1.48 bits per heavy atom. The number of nitrogens with zero attached hydrogens (tertiary/aromatic N) is 1. The smallest absolute Gasteiger partial charge is 0.159 e. The highest BCUT2D eigenvalue weighted by atomic mass is 19.2. The van der Waals surface area contributed by atoms with Crippen molar-refractivity contribution in [3.05, 3.63) is 112 Å². The number of aromatic nitrogens is 1. The molecule has 0 atom stereocenters. The molecule has 0 saturated heterocycles. The molecule has 166 valence electrons. The second-order valence-corrected chi connectivity index (χ2v) is 8.15. The number of rotatable bonds is 6. The molecule has 1 heterocycles. The maximum absolute atomic E-state index is 14.6. The number of hydrogen-bond donors (Lipinski definition) is 0. The molecule has 0 bridgehead atoms. The van der Waals surface area contributed by atoms with E-state index in [0.717, 1.165) is 49.1 Å². The Labute approximate surface area is 192 Å². The van der Waals surface area contributed by atoms with Gasteiger partial charge in [0.25, 0.3) is 0 Å². The summed E-state index contributed by atoms with van der Waals surface area (Å²) in [4.78, 5) is 4.52. The maximum atomic E-state index is 14.6. The van der Waals surface area contributed by atoms with Gasteiger partial charge in [-0.2, -0.15) is 0 Å². The molecule has 1 aromatic heterocycles. The van der Waals surface area contributed by atoms with E-state index >= 15 is 0 Å². The van der Waals surface area contributed by atoms with E-state index in [-0.39, 0.29) is 5.82 Å². The summed E-state index contributed by atoms with van der Waals surface area (Å²) < 4.78 is 41.4. The van der Waals surface area contributed by atoms with Crippen LogP contribution in [-0.4, -0.2) is 4.98 Å². The van der Waals surface area contributed by atoms with Gasteiger partial charge in [-0.3, -0.25) is 4.98 Å². The molecule has 0 saturated carbocycles. The molecule has 0 aliphatic carbocycles. The Morgan fingerprint density at radius 3 is 2.21 bits per heavy atom. The van der Waals surface area contributed by atoms with Gasteiger partial charge in [0, 0.05) is 17.5 Å². The summed E-state index contributed by atoms with van der Waals surface area (Å²) in [5.74, 6) is 3.58. The van der Waals surface area contributed by atoms with Crippen molar-refractivity contribution in [2.75, 3.05) is 0 Å². The highest BCUT2D eigenvalue weighted by Crippen LogP contribution is 2.20. The van der Waals surface area contributed by atoms with Crippen molar-refractivity contribution in [3.63, 3.8) is 0 Å². The largest absolute Gasteiger partial charge is 0.261 e. The Hall–Kier alpha value is -3.58. The number of benzene rings is 3. The van der Waals surface area contributed by atoms with Crippen LogP contribution in [0.3, 0.4) is 0 Å². The SMILES string of the molecule is CCCCc1ccc(CCc2ccc(C#Cc3ccc4cc(F)c(F)cc4c3)c(F)c2)nc1. The van der Waals surface area contributed by atoms with Crippen LogP contribution in [0.25, 0.3) is 10.8 Å². The van der Waals surface area contributed by atoms with Gasteiger partial charge >= 0.3 is 0 Å². The van der Waals surface area contributed by atoms with Crippen molar-refractivity contribution in [1.29, 1.82) is 0 Å². The van der Waals surface area contributed by atoms with Gasteiger partial charge in [-0.05, 0) is 90.0 Å². The maximum Gasteiger partial charge on any atom is 0.159 e. The fraction of sp³-hybridized carbons (Fsp3) is 0.207. The van der Waals surface area contributed by atoms with E-state index in [0.29, 0.717) is 28.3 Å². The van der Waals surface area contributed by atoms with Crippen LogP contribution in [-0.2, 0) is 19.3 Å². The summed E-state index contributed by atoms with van der Waals surface area (Å²) in [5.41, 5.74) is 4.02. The average Bonchev–Trinajstić information content (AvgIpc) is 2.82. The molecule has 0 aliphatic rings. The lowest BCUT2D eigenvalue weighted by Crippen LogP contribution is -1.97. The van der Waals surface area contributed by atoms with Gasteiger partial charge < -0.3 is 0 Å². The summed E-state index contributed by atoms with van der Waals surface area (Å²) in [7, 11) is 0. The average molecular weight is 444 g/mol. The highest BCUT2D eigenvalue weighted by molar-refractivity contribution is 5.84. The summed E-state index contributed by atoms with van der Waals surface area (Å²) in [6.07, 6.45) is 6.74. The number of halogens is 3. The van der Waals surface area contributed by atoms with Crippen LogP contribution in [0.15, 0.2) is 66.9 Å². The first-order valence-electron chi connectivity index (χ1n) is 11.1. The number of aryl methyl sites for hydroxylation is 3. The molecule has 0 radical (unpaired) electrons. The highest BCUT2D eigenvalue weighted by Gasteiger charge is 2.05. The first kappa shape index (κ1) is 22.6. The summed E-state index contributed by atoms with van der Waals surface area (Å²) >= 11 is 0. The van der Waals surface area contributed by atoms with Gasteiger partial charge in [-0.1, -0.05) is 43.4 Å². The van der Waals surface area contributed by atoms with Crippen molar-refractivity contribution in [3.8, 4) is 11.8 Å². The molecule has 0 N–H and O–H groups in total. The lowest BCUT2D eigenvalue weighted by Gasteiger charge is -2.05. The number of fused-ring (bicyclic) bond motifs is 1. The van der Waals surface area contributed by atoms with Crippen LogP contribution in [0.2, 0.25) is 0 Å². The van der Waals surface area contributed by atoms with Crippen molar-refractivity contribution >= 4 is 10.8 Å². The van der Waals surface area contributed by atoms with Gasteiger partial charge in [-0.15, -0.1) is 0 Å². The van der Waals surface area contributed by atoms with E-state index in [1.54, 1.807) is 24.3 Å². The molecule has 4 aromatic rings. The van der Waals surface area contributed by atoms with Crippen molar-refractivity contribution in [1.82, 2.24) is 4.98 Å². The molecule has 4 rings (SSSR count). The van der Waals surface area contributed by atoms with E-state index in [9.17, 15) is 13.2 Å². The normalized spacial score (nSPS) is 10.8. The minimum absolute atomic E-state index is 0.294. The van der Waals surface area contributed by atoms with Crippen LogP contribution in [0.1, 0.15) is 47.7 Å². The Bertz CT molecular complexity index is 1330. The third-order valence-corrected chi connectivity index (χ3v) is 5.63. The molecule has 0 aliphatic heterocycles. The second kappa shape index (κ2) is 10.4. The lowest BCUT2D eigenvalue weighted by atomic mass is 10.0. The van der Waals surface area contributed by atoms with E-state index in [1.165, 1.54) is 11.6 Å². The van der Waals surface area contributed by atoms with Gasteiger partial charge in [0.05, 0.1) is 5.56 Å². The minimum Gasteiger partial charge on any atom is -0.261 e. The molecule has 0 spiro atoms. The molecule has 33 heavy (non-hydrogen) atoms. The van der Waals surface area contributed by atoms with E-state index in [1.807, 2.05) is 18.3 Å². The monoisotopic (exact) mass is 443 g/mol. The fourth-order valence-electron chi connectivity index (χ4n) is 3.68. The topological polar surface area (TPSA) is 12.9 Å². The van der Waals surface area contributed by atoms with Gasteiger partial charge in [0.1, 0.15) is 5.82 Å². The number of hydrogen-bond acceptors (Lipinski definition) is 1. The molecular weight excluding hydrogens is 419 g/mol. The van der Waals surface area contributed by atoms with Crippen LogP contribution in [0.5, 0.6) is 0 Å². The minimum atomic E-state index is -0.906. The van der Waals surface area contributed by atoms with Crippen LogP contribution in [0, 0.1) is 29.3 Å². The van der Waals surface area contributed by atoms with Gasteiger partial charge in [0.15, 0.2) is 11.6 Å². The fourth-order valence-corrected chi connectivity index (χ4v) is 3.68. The zero-order valence-electron chi connectivity index (χ0n) is 18.5. The van der Waals surface area contributed by atoms with E-state index < -0.39 is 11.6 Å². The summed E-state index contributed by atoms with van der Waals surface area (Å²) in [6, 6.07) is 16.6. The predicted octanol–water partition coefficient (Wildman–Crippen LogP) is 7.18. The van der Waals surface area contributed by atoms with Crippen LogP contribution < -0.4 is 0 Å². The quantitative estimate of drug-likeness (QED) is 0.288. The molecule has 3 aromatic carbocycles. The standard InChI is InChI=1S/C29H24F3N/c1-2-3-4-22-9-14-26(33-19-22)13-8-21-6-11-23(27(30)16-21)10-5-20-7-12-24-17-28(31)29(32)18-25(24)15-20/h6-7,9,11-12,14-19H,2-4,8,13H2,1H3. The van der Waals surface area contributed by atoms with Crippen LogP contribution in [0.4, 0.5) is 13.2 Å². The molecule has 0 amide bonds. The zero-order valence-corrected chi connectivity index (χ0v) is 18.5.